The van der Waals surface area contributed by atoms with Gasteiger partial charge in [0.05, 0.1) is 13.0 Å². The molecule has 0 aromatic carbocycles. The Kier molecular flexibility index (Phi) is 5.45. The Bertz CT molecular complexity index is 369. The van der Waals surface area contributed by atoms with Gasteiger partial charge < -0.3 is 4.74 Å². The second kappa shape index (κ2) is 7.18. The van der Waals surface area contributed by atoms with Crippen molar-refractivity contribution in [2.45, 2.75) is 6.42 Å². The van der Waals surface area contributed by atoms with Crippen molar-refractivity contribution in [3.8, 4) is 0 Å². The molecule has 0 radical (unpaired) electrons. The lowest BCUT2D eigenvalue weighted by molar-refractivity contribution is -0.122. The summed E-state index contributed by atoms with van der Waals surface area (Å²) in [5.74, 6) is 0.0687. The molecule has 3 N–H and O–H groups in total. The van der Waals surface area contributed by atoms with E-state index in [2.05, 4.69) is 21.2 Å². The van der Waals surface area contributed by atoms with Gasteiger partial charge in [0, 0.05) is 13.3 Å². The largest absolute Gasteiger partial charge is 0.384 e. The maximum atomic E-state index is 11.3. The van der Waals surface area contributed by atoms with Crippen LogP contribution < -0.4 is 16.2 Å². The normalized spacial score (nSPS) is 9.47. The van der Waals surface area contributed by atoms with Gasteiger partial charge in [-0.2, -0.15) is 0 Å². The van der Waals surface area contributed by atoms with E-state index in [9.17, 15) is 9.59 Å². The van der Waals surface area contributed by atoms with E-state index < -0.39 is 6.03 Å². The Balaban J connectivity index is 2.24. The third-order valence-corrected chi connectivity index (χ3v) is 1.76. The number of aromatic nitrogens is 1. The number of carbonyl (C=O) groups excluding carboxylic acids is 2. The molecule has 0 spiro atoms. The molecule has 7 nitrogen and oxygen atoms in total. The van der Waals surface area contributed by atoms with Crippen molar-refractivity contribution in [2.24, 2.45) is 0 Å². The molecule has 0 saturated heterocycles. The summed E-state index contributed by atoms with van der Waals surface area (Å²) in [5.41, 5.74) is 4.42. The Hall–Kier alpha value is -2.15. The van der Waals surface area contributed by atoms with Crippen LogP contribution in [0.2, 0.25) is 0 Å². The van der Waals surface area contributed by atoms with Gasteiger partial charge >= 0.3 is 6.03 Å². The van der Waals surface area contributed by atoms with Crippen LogP contribution in [0, 0.1) is 0 Å². The minimum Gasteiger partial charge on any atom is -0.384 e. The molecule has 1 aromatic heterocycles. The summed E-state index contributed by atoms with van der Waals surface area (Å²) in [6.45, 7) is 0.301. The second-order valence-corrected chi connectivity index (χ2v) is 3.09. The van der Waals surface area contributed by atoms with E-state index in [1.165, 1.54) is 7.11 Å². The average Bonchev–Trinajstić information content (AvgIpc) is 2.35. The molecule has 7 heteroatoms. The van der Waals surface area contributed by atoms with Gasteiger partial charge in [-0.3, -0.25) is 15.5 Å². The lowest BCUT2D eigenvalue weighted by Gasteiger charge is -2.07. The molecule has 3 amide bonds. The van der Waals surface area contributed by atoms with Crippen molar-refractivity contribution in [2.75, 3.05) is 19.0 Å². The van der Waals surface area contributed by atoms with Crippen LogP contribution in [0.3, 0.4) is 0 Å². The van der Waals surface area contributed by atoms with Crippen LogP contribution in [0.15, 0.2) is 24.4 Å². The molecule has 0 atom stereocenters. The number of methoxy groups -OCH3 is 1. The van der Waals surface area contributed by atoms with Crippen molar-refractivity contribution in [1.82, 2.24) is 15.8 Å². The molecule has 0 bridgehead atoms. The number of rotatable bonds is 4. The summed E-state index contributed by atoms with van der Waals surface area (Å²) in [5, 5.41) is 2.45. The molecular weight excluding hydrogens is 224 g/mol. The molecule has 0 fully saturated rings. The fraction of sp³-hybridized carbons (Fsp3) is 0.300. The van der Waals surface area contributed by atoms with Gasteiger partial charge in [-0.1, -0.05) is 6.07 Å². The molecular formula is C10H14N4O3. The molecule has 92 valence electrons. The number of carbonyl (C=O) groups is 2. The highest BCUT2D eigenvalue weighted by atomic mass is 16.5. The molecule has 0 aliphatic heterocycles. The zero-order valence-electron chi connectivity index (χ0n) is 9.40. The number of hydrogen-bond acceptors (Lipinski definition) is 4. The highest BCUT2D eigenvalue weighted by molar-refractivity contribution is 5.89. The number of urea groups is 1. The van der Waals surface area contributed by atoms with Gasteiger partial charge in [-0.25, -0.2) is 15.2 Å². The second-order valence-electron chi connectivity index (χ2n) is 3.09. The van der Waals surface area contributed by atoms with E-state index >= 15 is 0 Å². The topological polar surface area (TPSA) is 92.4 Å². The summed E-state index contributed by atoms with van der Waals surface area (Å²) in [6.07, 6.45) is 1.73. The molecule has 0 aliphatic carbocycles. The first-order valence-corrected chi connectivity index (χ1v) is 4.98. The minimum atomic E-state index is -0.561. The summed E-state index contributed by atoms with van der Waals surface area (Å²) >= 11 is 0. The SMILES string of the molecule is COCCC(=O)NNC(=O)Nc1ccccn1. The van der Waals surface area contributed by atoms with E-state index in [0.29, 0.717) is 12.4 Å². The van der Waals surface area contributed by atoms with Crippen LogP contribution in [0.4, 0.5) is 10.6 Å². The number of ether oxygens (including phenoxy) is 1. The first-order chi connectivity index (χ1) is 8.22. The third-order valence-electron chi connectivity index (χ3n) is 1.76. The molecule has 0 saturated carbocycles. The van der Waals surface area contributed by atoms with Gasteiger partial charge in [0.25, 0.3) is 0 Å². The maximum Gasteiger partial charge on any atom is 0.339 e. The molecule has 17 heavy (non-hydrogen) atoms. The van der Waals surface area contributed by atoms with Gasteiger partial charge in [-0.15, -0.1) is 0 Å². The number of hydrogen-bond donors (Lipinski definition) is 3. The van der Waals surface area contributed by atoms with Crippen molar-refractivity contribution in [1.29, 1.82) is 0 Å². The monoisotopic (exact) mass is 238 g/mol. The summed E-state index contributed by atoms with van der Waals surface area (Å²) < 4.78 is 4.72. The number of anilines is 1. The van der Waals surface area contributed by atoms with E-state index in [0.717, 1.165) is 0 Å². The van der Waals surface area contributed by atoms with Gasteiger partial charge in [0.15, 0.2) is 0 Å². The highest BCUT2D eigenvalue weighted by Crippen LogP contribution is 1.98. The van der Waals surface area contributed by atoms with Crippen molar-refractivity contribution in [3.63, 3.8) is 0 Å². The molecule has 0 aliphatic rings. The van der Waals surface area contributed by atoms with Crippen LogP contribution in [-0.4, -0.2) is 30.6 Å². The first-order valence-electron chi connectivity index (χ1n) is 4.98. The standard InChI is InChI=1S/C10H14N4O3/c1-17-7-5-9(15)13-14-10(16)12-8-4-2-3-6-11-8/h2-4,6H,5,7H2,1H3,(H,13,15)(H2,11,12,14,16). The lowest BCUT2D eigenvalue weighted by Crippen LogP contribution is -2.44. The summed E-state index contributed by atoms with van der Waals surface area (Å²) in [4.78, 5) is 26.3. The van der Waals surface area contributed by atoms with Crippen LogP contribution >= 0.6 is 0 Å². The minimum absolute atomic E-state index is 0.181. The van der Waals surface area contributed by atoms with Crippen LogP contribution in [0.25, 0.3) is 0 Å². The quantitative estimate of drug-likeness (QED) is 0.656. The number of nitrogens with one attached hydrogen (secondary N) is 3. The molecule has 1 aromatic rings. The Morgan fingerprint density at radius 3 is 2.82 bits per heavy atom. The fourth-order valence-electron chi connectivity index (χ4n) is 0.968. The molecule has 1 rings (SSSR count). The summed E-state index contributed by atoms with van der Waals surface area (Å²) in [7, 11) is 1.49. The molecule has 0 unspecified atom stereocenters. The molecule has 1 heterocycles. The zero-order chi connectivity index (χ0) is 12.5. The highest BCUT2D eigenvalue weighted by Gasteiger charge is 2.04. The average molecular weight is 238 g/mol. The predicted octanol–water partition coefficient (Wildman–Crippen LogP) is 0.271. The fourth-order valence-corrected chi connectivity index (χ4v) is 0.968. The van der Waals surface area contributed by atoms with E-state index in [1.807, 2.05) is 0 Å². The van der Waals surface area contributed by atoms with Gasteiger partial charge in [0.1, 0.15) is 5.82 Å². The van der Waals surface area contributed by atoms with E-state index in [1.54, 1.807) is 24.4 Å². The summed E-state index contributed by atoms with van der Waals surface area (Å²) in [6, 6.07) is 4.54. The van der Waals surface area contributed by atoms with Crippen molar-refractivity contribution < 1.29 is 14.3 Å². The Labute approximate surface area is 98.5 Å². The zero-order valence-corrected chi connectivity index (χ0v) is 9.40. The smallest absolute Gasteiger partial charge is 0.339 e. The van der Waals surface area contributed by atoms with Gasteiger partial charge in [-0.05, 0) is 12.1 Å². The van der Waals surface area contributed by atoms with Crippen molar-refractivity contribution >= 4 is 17.8 Å². The Morgan fingerprint density at radius 2 is 2.18 bits per heavy atom. The predicted molar refractivity (Wildman–Crippen MR) is 61.0 cm³/mol. The number of pyridine rings is 1. The number of hydrazine groups is 1. The van der Waals surface area contributed by atoms with E-state index in [4.69, 9.17) is 4.74 Å². The number of nitrogens with zero attached hydrogens (tertiary/aromatic N) is 1. The van der Waals surface area contributed by atoms with Crippen LogP contribution in [0.5, 0.6) is 0 Å². The maximum absolute atomic E-state index is 11.3. The third kappa shape index (κ3) is 5.47. The lowest BCUT2D eigenvalue weighted by atomic mass is 10.4. The first kappa shape index (κ1) is 12.9. The van der Waals surface area contributed by atoms with Crippen LogP contribution in [-0.2, 0) is 9.53 Å². The number of amides is 3. The Morgan fingerprint density at radius 1 is 1.35 bits per heavy atom. The van der Waals surface area contributed by atoms with E-state index in [-0.39, 0.29) is 12.3 Å². The van der Waals surface area contributed by atoms with Crippen molar-refractivity contribution in [3.05, 3.63) is 24.4 Å². The van der Waals surface area contributed by atoms with Crippen LogP contribution in [0.1, 0.15) is 6.42 Å². The van der Waals surface area contributed by atoms with Gasteiger partial charge in [0.2, 0.25) is 5.91 Å².